The van der Waals surface area contributed by atoms with Crippen molar-refractivity contribution in [3.8, 4) is 5.75 Å². The van der Waals surface area contributed by atoms with Gasteiger partial charge in [-0.1, -0.05) is 6.07 Å². The van der Waals surface area contributed by atoms with E-state index in [4.69, 9.17) is 4.74 Å². The number of halogens is 2. The highest BCUT2D eigenvalue weighted by Crippen LogP contribution is 2.12. The van der Waals surface area contributed by atoms with E-state index in [1.807, 2.05) is 19.9 Å². The molecule has 1 heterocycles. The number of rotatable bonds is 8. The Morgan fingerprint density at radius 3 is 2.55 bits per heavy atom. The molecule has 9 heteroatoms. The van der Waals surface area contributed by atoms with Crippen molar-refractivity contribution in [2.45, 2.75) is 26.4 Å². The fourth-order valence-electron chi connectivity index (χ4n) is 2.29. The summed E-state index contributed by atoms with van der Waals surface area (Å²) < 4.78 is 18.6. The number of pyridine rings is 1. The Labute approximate surface area is 187 Å². The SMILES string of the molecule is CN=C(NCCC(=O)Nc1ccc(C)cn1)NCC(C)Oc1ccc(F)cc1.I. The summed E-state index contributed by atoms with van der Waals surface area (Å²) in [5.41, 5.74) is 1.03. The summed E-state index contributed by atoms with van der Waals surface area (Å²) in [4.78, 5) is 20.2. The molecule has 1 aromatic carbocycles. The number of aliphatic imine (C=N–C) groups is 1. The number of nitrogens with zero attached hydrogens (tertiary/aromatic N) is 2. The minimum absolute atomic E-state index is 0. The molecule has 158 valence electrons. The Morgan fingerprint density at radius 1 is 1.21 bits per heavy atom. The normalized spacial score (nSPS) is 11.8. The predicted molar refractivity (Wildman–Crippen MR) is 123 cm³/mol. The van der Waals surface area contributed by atoms with Gasteiger partial charge in [-0.2, -0.15) is 0 Å². The van der Waals surface area contributed by atoms with E-state index in [0.717, 1.165) is 5.56 Å². The van der Waals surface area contributed by atoms with E-state index in [1.54, 1.807) is 31.4 Å². The number of carbonyl (C=O) groups is 1. The van der Waals surface area contributed by atoms with Crippen LogP contribution in [0.15, 0.2) is 47.6 Å². The Bertz CT molecular complexity index is 784. The zero-order chi connectivity index (χ0) is 20.4. The molecule has 1 amide bonds. The third-order valence-electron chi connectivity index (χ3n) is 3.75. The molecule has 0 aliphatic rings. The molecular formula is C20H27FIN5O2. The number of aromatic nitrogens is 1. The lowest BCUT2D eigenvalue weighted by molar-refractivity contribution is -0.116. The second-order valence-corrected chi connectivity index (χ2v) is 6.28. The maximum Gasteiger partial charge on any atom is 0.227 e. The molecular weight excluding hydrogens is 488 g/mol. The Kier molecular flexibility index (Phi) is 11.0. The summed E-state index contributed by atoms with van der Waals surface area (Å²) >= 11 is 0. The van der Waals surface area contributed by atoms with Crippen LogP contribution >= 0.6 is 24.0 Å². The van der Waals surface area contributed by atoms with Gasteiger partial charge in [-0.15, -0.1) is 24.0 Å². The molecule has 0 radical (unpaired) electrons. The van der Waals surface area contributed by atoms with E-state index >= 15 is 0 Å². The number of aryl methyl sites for hydroxylation is 1. The number of benzene rings is 1. The van der Waals surface area contributed by atoms with Gasteiger partial charge < -0.3 is 20.7 Å². The highest BCUT2D eigenvalue weighted by molar-refractivity contribution is 14.0. The van der Waals surface area contributed by atoms with Gasteiger partial charge in [0.1, 0.15) is 23.5 Å². The topological polar surface area (TPSA) is 87.6 Å². The summed E-state index contributed by atoms with van der Waals surface area (Å²) in [6, 6.07) is 9.53. The van der Waals surface area contributed by atoms with Crippen LogP contribution in [0.2, 0.25) is 0 Å². The van der Waals surface area contributed by atoms with Crippen LogP contribution in [0.3, 0.4) is 0 Å². The van der Waals surface area contributed by atoms with Gasteiger partial charge in [0.25, 0.3) is 0 Å². The number of anilines is 1. The maximum atomic E-state index is 12.9. The third kappa shape index (κ3) is 9.55. The van der Waals surface area contributed by atoms with Crippen LogP contribution in [0.1, 0.15) is 18.9 Å². The van der Waals surface area contributed by atoms with Crippen LogP contribution < -0.4 is 20.7 Å². The van der Waals surface area contributed by atoms with Crippen molar-refractivity contribution < 1.29 is 13.9 Å². The molecule has 1 unspecified atom stereocenters. The van der Waals surface area contributed by atoms with E-state index in [1.165, 1.54) is 12.1 Å². The molecule has 7 nitrogen and oxygen atoms in total. The average molecular weight is 515 g/mol. The summed E-state index contributed by atoms with van der Waals surface area (Å²) in [6.07, 6.45) is 1.83. The molecule has 2 aromatic rings. The van der Waals surface area contributed by atoms with E-state index in [-0.39, 0.29) is 48.2 Å². The zero-order valence-corrected chi connectivity index (χ0v) is 19.1. The van der Waals surface area contributed by atoms with Crippen LogP contribution in [0.25, 0.3) is 0 Å². The molecule has 0 aliphatic carbocycles. The molecule has 3 N–H and O–H groups in total. The Hall–Kier alpha value is -2.43. The van der Waals surface area contributed by atoms with Crippen molar-refractivity contribution in [1.82, 2.24) is 15.6 Å². The highest BCUT2D eigenvalue weighted by atomic mass is 127. The van der Waals surface area contributed by atoms with Gasteiger partial charge >= 0.3 is 0 Å². The zero-order valence-electron chi connectivity index (χ0n) is 16.7. The molecule has 1 atom stereocenters. The third-order valence-corrected chi connectivity index (χ3v) is 3.75. The quantitative estimate of drug-likeness (QED) is 0.286. The fraction of sp³-hybridized carbons (Fsp3) is 0.350. The van der Waals surface area contributed by atoms with E-state index in [9.17, 15) is 9.18 Å². The molecule has 0 spiro atoms. The van der Waals surface area contributed by atoms with Crippen molar-refractivity contribution in [3.63, 3.8) is 0 Å². The minimum atomic E-state index is -0.301. The molecule has 2 rings (SSSR count). The van der Waals surface area contributed by atoms with Gasteiger partial charge in [-0.05, 0) is 49.7 Å². The second kappa shape index (κ2) is 12.9. The summed E-state index contributed by atoms with van der Waals surface area (Å²) in [5.74, 6) is 1.26. The van der Waals surface area contributed by atoms with Crippen molar-refractivity contribution in [3.05, 3.63) is 54.0 Å². The average Bonchev–Trinajstić information content (AvgIpc) is 2.68. The largest absolute Gasteiger partial charge is 0.489 e. The van der Waals surface area contributed by atoms with Crippen molar-refractivity contribution in [2.24, 2.45) is 4.99 Å². The fourth-order valence-corrected chi connectivity index (χ4v) is 2.29. The molecule has 1 aromatic heterocycles. The Morgan fingerprint density at radius 2 is 1.93 bits per heavy atom. The lowest BCUT2D eigenvalue weighted by Crippen LogP contribution is -2.42. The highest BCUT2D eigenvalue weighted by Gasteiger charge is 2.07. The first-order valence-electron chi connectivity index (χ1n) is 9.05. The Balaban J connectivity index is 0.00000420. The summed E-state index contributed by atoms with van der Waals surface area (Å²) in [5, 5.41) is 8.95. The smallest absolute Gasteiger partial charge is 0.227 e. The standard InChI is InChI=1S/C20H26FN5O2.HI/c1-14-4-9-18(24-12-14)26-19(27)10-11-23-20(22-3)25-13-15(2)28-17-7-5-16(21)6-8-17;/h4-9,12,15H,10-11,13H2,1-3H3,(H2,22,23,25)(H,24,26,27);1H. The number of amides is 1. The summed E-state index contributed by atoms with van der Waals surface area (Å²) in [6.45, 7) is 4.75. The molecule has 0 bridgehead atoms. The van der Waals surface area contributed by atoms with Gasteiger partial charge in [-0.25, -0.2) is 9.37 Å². The van der Waals surface area contributed by atoms with Gasteiger partial charge in [0, 0.05) is 26.2 Å². The maximum absolute atomic E-state index is 12.9. The van der Waals surface area contributed by atoms with E-state index in [0.29, 0.717) is 30.6 Å². The predicted octanol–water partition coefficient (Wildman–Crippen LogP) is 3.11. The lowest BCUT2D eigenvalue weighted by atomic mass is 10.3. The number of guanidine groups is 1. The molecule has 29 heavy (non-hydrogen) atoms. The van der Waals surface area contributed by atoms with Crippen LogP contribution in [-0.2, 0) is 4.79 Å². The van der Waals surface area contributed by atoms with Crippen LogP contribution in [-0.4, -0.2) is 43.1 Å². The number of carbonyl (C=O) groups excluding carboxylic acids is 1. The summed E-state index contributed by atoms with van der Waals surface area (Å²) in [7, 11) is 1.65. The molecule has 0 fully saturated rings. The molecule has 0 saturated heterocycles. The second-order valence-electron chi connectivity index (χ2n) is 6.28. The number of hydrogen-bond donors (Lipinski definition) is 3. The molecule has 0 saturated carbocycles. The van der Waals surface area contributed by atoms with Gasteiger partial charge in [0.2, 0.25) is 5.91 Å². The molecule has 0 aliphatic heterocycles. The minimum Gasteiger partial charge on any atom is -0.489 e. The number of hydrogen-bond acceptors (Lipinski definition) is 4. The van der Waals surface area contributed by atoms with Gasteiger partial charge in [-0.3, -0.25) is 9.79 Å². The van der Waals surface area contributed by atoms with Crippen LogP contribution in [0, 0.1) is 12.7 Å². The van der Waals surface area contributed by atoms with Crippen LogP contribution in [0.4, 0.5) is 10.2 Å². The van der Waals surface area contributed by atoms with Crippen molar-refractivity contribution in [1.29, 1.82) is 0 Å². The number of nitrogens with one attached hydrogen (secondary N) is 3. The van der Waals surface area contributed by atoms with Crippen LogP contribution in [0.5, 0.6) is 5.75 Å². The number of ether oxygens (including phenoxy) is 1. The first-order valence-corrected chi connectivity index (χ1v) is 9.05. The van der Waals surface area contributed by atoms with Crippen molar-refractivity contribution in [2.75, 3.05) is 25.5 Å². The first-order chi connectivity index (χ1) is 13.5. The lowest BCUT2D eigenvalue weighted by Gasteiger charge is -2.17. The van der Waals surface area contributed by atoms with Gasteiger partial charge in [0.05, 0.1) is 6.54 Å². The van der Waals surface area contributed by atoms with Crippen molar-refractivity contribution >= 4 is 41.7 Å². The first kappa shape index (κ1) is 24.6. The van der Waals surface area contributed by atoms with Gasteiger partial charge in [0.15, 0.2) is 5.96 Å². The monoisotopic (exact) mass is 515 g/mol. The van der Waals surface area contributed by atoms with E-state index in [2.05, 4.69) is 25.9 Å². The van der Waals surface area contributed by atoms with E-state index < -0.39 is 0 Å².